The van der Waals surface area contributed by atoms with Crippen LogP contribution in [0.25, 0.3) is 5.70 Å². The molecule has 0 saturated heterocycles. The molecule has 0 unspecified atom stereocenters. The summed E-state index contributed by atoms with van der Waals surface area (Å²) >= 11 is 0. The van der Waals surface area contributed by atoms with E-state index in [1.807, 2.05) is 32.0 Å². The first-order valence-corrected chi connectivity index (χ1v) is 5.60. The van der Waals surface area contributed by atoms with E-state index in [4.69, 9.17) is 0 Å². The number of nitro groups is 1. The van der Waals surface area contributed by atoms with Crippen molar-refractivity contribution in [2.75, 3.05) is 0 Å². The molecular formula is C13H17NO2. The molecule has 0 fully saturated rings. The van der Waals surface area contributed by atoms with Gasteiger partial charge in [0, 0.05) is 0 Å². The second-order valence-corrected chi connectivity index (χ2v) is 3.75. The van der Waals surface area contributed by atoms with Gasteiger partial charge in [-0.2, -0.15) is 0 Å². The van der Waals surface area contributed by atoms with Gasteiger partial charge in [0.15, 0.2) is 0 Å². The summed E-state index contributed by atoms with van der Waals surface area (Å²) in [5, 5.41) is 11.0. The molecule has 0 atom stereocenters. The Hall–Kier alpha value is -1.64. The van der Waals surface area contributed by atoms with Crippen molar-refractivity contribution in [2.24, 2.45) is 5.92 Å². The van der Waals surface area contributed by atoms with Crippen molar-refractivity contribution in [3.63, 3.8) is 0 Å². The molecule has 0 heterocycles. The Labute approximate surface area is 95.9 Å². The molecule has 0 N–H and O–H groups in total. The zero-order valence-electron chi connectivity index (χ0n) is 9.72. The van der Waals surface area contributed by atoms with Crippen molar-refractivity contribution in [2.45, 2.75) is 26.7 Å². The number of allylic oxidation sites excluding steroid dienone is 1. The summed E-state index contributed by atoms with van der Waals surface area (Å²) in [6.45, 7) is 4.10. The predicted octanol–water partition coefficient (Wildman–Crippen LogP) is 3.74. The van der Waals surface area contributed by atoms with Crippen LogP contribution in [0.4, 0.5) is 0 Å². The van der Waals surface area contributed by atoms with Crippen LogP contribution >= 0.6 is 0 Å². The van der Waals surface area contributed by atoms with Gasteiger partial charge in [-0.15, -0.1) is 0 Å². The number of rotatable bonds is 5. The number of nitrogens with zero attached hydrogens (tertiary/aromatic N) is 1. The van der Waals surface area contributed by atoms with Gasteiger partial charge in [0.1, 0.15) is 0 Å². The topological polar surface area (TPSA) is 43.1 Å². The molecule has 0 radical (unpaired) electrons. The van der Waals surface area contributed by atoms with Crippen LogP contribution in [0.5, 0.6) is 0 Å². The normalized spacial score (nSPS) is 11.8. The molecule has 3 heteroatoms. The minimum absolute atomic E-state index is 0.217. The second kappa shape index (κ2) is 6.05. The Balaban J connectivity index is 3.05. The lowest BCUT2D eigenvalue weighted by atomic mass is 10.00. The van der Waals surface area contributed by atoms with Crippen LogP contribution in [-0.2, 0) is 0 Å². The molecule has 16 heavy (non-hydrogen) atoms. The summed E-state index contributed by atoms with van der Waals surface area (Å²) < 4.78 is 0. The van der Waals surface area contributed by atoms with Crippen LogP contribution in [-0.4, -0.2) is 4.92 Å². The molecule has 0 amide bonds. The van der Waals surface area contributed by atoms with Crippen molar-refractivity contribution in [3.8, 4) is 0 Å². The van der Waals surface area contributed by atoms with Crippen molar-refractivity contribution in [1.82, 2.24) is 0 Å². The summed E-state index contributed by atoms with van der Waals surface area (Å²) in [5.41, 5.74) is 0.897. The number of hydrogen-bond donors (Lipinski definition) is 0. The standard InChI is InChI=1S/C13H17NO2/c1-3-11(4-2)10-13(14(15)16)12-8-6-5-7-9-12/h5-11H,3-4H2,1-2H3. The van der Waals surface area contributed by atoms with Gasteiger partial charge < -0.3 is 0 Å². The molecule has 0 aliphatic rings. The Kier molecular flexibility index (Phi) is 4.70. The molecule has 86 valence electrons. The average Bonchev–Trinajstić information content (AvgIpc) is 2.31. The number of benzene rings is 1. The highest BCUT2D eigenvalue weighted by molar-refractivity contribution is 5.58. The Bertz CT molecular complexity index is 367. The third-order valence-corrected chi connectivity index (χ3v) is 2.71. The van der Waals surface area contributed by atoms with E-state index in [9.17, 15) is 10.1 Å². The van der Waals surface area contributed by atoms with Gasteiger partial charge in [-0.05, 0) is 37.0 Å². The van der Waals surface area contributed by atoms with Crippen LogP contribution in [0.1, 0.15) is 32.3 Å². The maximum absolute atomic E-state index is 11.0. The zero-order chi connectivity index (χ0) is 12.0. The minimum atomic E-state index is -0.298. The van der Waals surface area contributed by atoms with Crippen LogP contribution in [0.3, 0.4) is 0 Å². The Morgan fingerprint density at radius 1 is 1.31 bits per heavy atom. The van der Waals surface area contributed by atoms with Crippen molar-refractivity contribution >= 4 is 5.70 Å². The summed E-state index contributed by atoms with van der Waals surface area (Å²) in [6.07, 6.45) is 3.64. The first kappa shape index (κ1) is 12.4. The molecule has 1 aromatic rings. The predicted molar refractivity (Wildman–Crippen MR) is 65.5 cm³/mol. The fraction of sp³-hybridized carbons (Fsp3) is 0.385. The molecule has 0 aromatic heterocycles. The minimum Gasteiger partial charge on any atom is -0.258 e. The largest absolute Gasteiger partial charge is 0.272 e. The van der Waals surface area contributed by atoms with Gasteiger partial charge in [0.2, 0.25) is 0 Å². The van der Waals surface area contributed by atoms with E-state index in [0.717, 1.165) is 12.8 Å². The summed E-state index contributed by atoms with van der Waals surface area (Å²) in [7, 11) is 0. The van der Waals surface area contributed by atoms with E-state index < -0.39 is 0 Å². The zero-order valence-corrected chi connectivity index (χ0v) is 9.72. The fourth-order valence-electron chi connectivity index (χ4n) is 1.62. The maximum Gasteiger partial charge on any atom is 0.272 e. The monoisotopic (exact) mass is 219 g/mol. The highest BCUT2D eigenvalue weighted by Gasteiger charge is 2.15. The van der Waals surface area contributed by atoms with Crippen molar-refractivity contribution in [1.29, 1.82) is 0 Å². The van der Waals surface area contributed by atoms with E-state index in [-0.39, 0.29) is 16.5 Å². The fourth-order valence-corrected chi connectivity index (χ4v) is 1.62. The molecule has 3 nitrogen and oxygen atoms in total. The smallest absolute Gasteiger partial charge is 0.258 e. The Morgan fingerprint density at radius 2 is 1.88 bits per heavy atom. The van der Waals surface area contributed by atoms with E-state index in [0.29, 0.717) is 5.56 Å². The Morgan fingerprint density at radius 3 is 2.31 bits per heavy atom. The molecule has 0 aliphatic heterocycles. The first-order chi connectivity index (χ1) is 7.69. The van der Waals surface area contributed by atoms with Crippen molar-refractivity contribution < 1.29 is 4.92 Å². The van der Waals surface area contributed by atoms with Gasteiger partial charge in [0.25, 0.3) is 5.70 Å². The molecule has 0 bridgehead atoms. The third kappa shape index (κ3) is 3.19. The van der Waals surface area contributed by atoms with E-state index in [1.165, 1.54) is 0 Å². The van der Waals surface area contributed by atoms with Gasteiger partial charge in [-0.1, -0.05) is 32.0 Å². The summed E-state index contributed by atoms with van der Waals surface area (Å²) in [6, 6.07) is 9.05. The molecular weight excluding hydrogens is 202 g/mol. The maximum atomic E-state index is 11.0. The van der Waals surface area contributed by atoms with Gasteiger partial charge in [0.05, 0.1) is 10.5 Å². The lowest BCUT2D eigenvalue weighted by Gasteiger charge is -2.06. The second-order valence-electron chi connectivity index (χ2n) is 3.75. The highest BCUT2D eigenvalue weighted by atomic mass is 16.6. The molecule has 1 aromatic carbocycles. The quantitative estimate of drug-likeness (QED) is 0.559. The third-order valence-electron chi connectivity index (χ3n) is 2.71. The molecule has 0 saturated carbocycles. The lowest BCUT2D eigenvalue weighted by Crippen LogP contribution is -2.02. The van der Waals surface area contributed by atoms with E-state index in [2.05, 4.69) is 0 Å². The van der Waals surface area contributed by atoms with Crippen LogP contribution in [0, 0.1) is 16.0 Å². The van der Waals surface area contributed by atoms with Crippen LogP contribution in [0.15, 0.2) is 36.4 Å². The first-order valence-electron chi connectivity index (χ1n) is 5.60. The van der Waals surface area contributed by atoms with E-state index >= 15 is 0 Å². The van der Waals surface area contributed by atoms with Gasteiger partial charge in [-0.25, -0.2) is 0 Å². The highest BCUT2D eigenvalue weighted by Crippen LogP contribution is 2.20. The number of hydrogen-bond acceptors (Lipinski definition) is 2. The van der Waals surface area contributed by atoms with Crippen LogP contribution in [0.2, 0.25) is 0 Å². The molecule has 0 aliphatic carbocycles. The molecule has 1 rings (SSSR count). The summed E-state index contributed by atoms with van der Waals surface area (Å²) in [4.78, 5) is 10.7. The summed E-state index contributed by atoms with van der Waals surface area (Å²) in [5.74, 6) is 0.278. The van der Waals surface area contributed by atoms with Crippen LogP contribution < -0.4 is 0 Å². The van der Waals surface area contributed by atoms with Crippen molar-refractivity contribution in [3.05, 3.63) is 52.1 Å². The SMILES string of the molecule is CCC(C=C(c1ccccc1)[N+](=O)[O-])CC. The van der Waals surface area contributed by atoms with Gasteiger partial charge in [-0.3, -0.25) is 10.1 Å². The van der Waals surface area contributed by atoms with E-state index in [1.54, 1.807) is 18.2 Å². The van der Waals surface area contributed by atoms with Gasteiger partial charge >= 0.3 is 0 Å². The lowest BCUT2D eigenvalue weighted by molar-refractivity contribution is -0.375. The average molecular weight is 219 g/mol. The molecule has 0 spiro atoms.